The summed E-state index contributed by atoms with van der Waals surface area (Å²) in [6, 6.07) is 16.4. The number of aromatic nitrogens is 1. The number of carbonyl (C=O) groups is 2. The summed E-state index contributed by atoms with van der Waals surface area (Å²) in [5, 5.41) is 4.17. The van der Waals surface area contributed by atoms with Crippen molar-refractivity contribution in [1.82, 2.24) is 9.47 Å². The normalized spacial score (nSPS) is 16.2. The van der Waals surface area contributed by atoms with Gasteiger partial charge in [-0.2, -0.15) is 0 Å². The number of rotatable bonds is 4. The monoisotopic (exact) mass is 529 g/mol. The lowest BCUT2D eigenvalue weighted by molar-refractivity contribution is 0.0526. The van der Waals surface area contributed by atoms with Crippen LogP contribution in [-0.2, 0) is 24.1 Å². The molecule has 38 heavy (non-hydrogen) atoms. The Labute approximate surface area is 224 Å². The number of amides is 2. The van der Waals surface area contributed by atoms with Gasteiger partial charge < -0.3 is 19.5 Å². The first-order chi connectivity index (χ1) is 18.5. The number of benzene rings is 2. The number of hydrogen-bond acceptors (Lipinski definition) is 4. The second-order valence-corrected chi connectivity index (χ2v) is 10.7. The molecule has 2 amide bonds. The van der Waals surface area contributed by atoms with E-state index in [2.05, 4.69) is 16.1 Å². The van der Waals surface area contributed by atoms with Crippen LogP contribution in [0.1, 0.15) is 63.4 Å². The van der Waals surface area contributed by atoms with Gasteiger partial charge >= 0.3 is 12.0 Å². The summed E-state index contributed by atoms with van der Waals surface area (Å²) < 4.78 is 21.2. The van der Waals surface area contributed by atoms with Gasteiger partial charge in [0.15, 0.2) is 0 Å². The van der Waals surface area contributed by atoms with Gasteiger partial charge in [0.2, 0.25) is 0 Å². The van der Waals surface area contributed by atoms with Crippen molar-refractivity contribution in [3.8, 4) is 5.00 Å². The summed E-state index contributed by atoms with van der Waals surface area (Å²) in [4.78, 5) is 29.5. The van der Waals surface area contributed by atoms with Crippen molar-refractivity contribution in [2.24, 2.45) is 0 Å². The molecule has 4 aromatic rings. The maximum absolute atomic E-state index is 14.0. The highest BCUT2D eigenvalue weighted by Crippen LogP contribution is 2.44. The standard InChI is InChI=1S/C30H28FN3O3S/c1-2-37-29(35)20-7-5-8-22(17-20)32-30(36)34-18-24-23-9-3-4-11-26(23)38-28(24)33-16-6-10-25(33)27(34)19-12-14-21(31)15-13-19/h5-8,10,12-17,27H,2-4,9,11,18H2,1H3,(H,32,36)/t27-/m0/s1. The fraction of sp³-hybridized carbons (Fsp3) is 0.267. The Morgan fingerprint density at radius 1 is 1.05 bits per heavy atom. The summed E-state index contributed by atoms with van der Waals surface area (Å²) in [6.07, 6.45) is 6.46. The lowest BCUT2D eigenvalue weighted by atomic mass is 9.95. The first kappa shape index (κ1) is 24.4. The van der Waals surface area contributed by atoms with Gasteiger partial charge in [0.25, 0.3) is 0 Å². The van der Waals surface area contributed by atoms with Gasteiger partial charge in [-0.1, -0.05) is 18.2 Å². The number of nitrogens with one attached hydrogen (secondary N) is 1. The van der Waals surface area contributed by atoms with E-state index >= 15 is 0 Å². The Kier molecular flexibility index (Phi) is 6.49. The molecule has 1 atom stereocenters. The average molecular weight is 530 g/mol. The van der Waals surface area contributed by atoms with E-state index in [4.69, 9.17) is 4.74 Å². The van der Waals surface area contributed by atoms with Gasteiger partial charge in [-0.3, -0.25) is 0 Å². The maximum atomic E-state index is 14.0. The molecular formula is C30H28FN3O3S. The Balaban J connectivity index is 1.43. The topological polar surface area (TPSA) is 63.6 Å². The third-order valence-corrected chi connectivity index (χ3v) is 8.58. The lowest BCUT2D eigenvalue weighted by Gasteiger charge is -2.31. The van der Waals surface area contributed by atoms with Gasteiger partial charge in [0, 0.05) is 22.3 Å². The molecule has 0 saturated heterocycles. The molecule has 6 rings (SSSR count). The molecule has 8 heteroatoms. The number of nitrogens with zero attached hydrogens (tertiary/aromatic N) is 2. The molecule has 0 bridgehead atoms. The number of thiophene rings is 1. The van der Waals surface area contributed by atoms with Crippen LogP contribution in [0.5, 0.6) is 0 Å². The van der Waals surface area contributed by atoms with Crippen LogP contribution >= 0.6 is 11.3 Å². The third-order valence-electron chi connectivity index (χ3n) is 7.25. The molecule has 2 aromatic heterocycles. The minimum Gasteiger partial charge on any atom is -0.462 e. The number of halogens is 1. The van der Waals surface area contributed by atoms with Crippen LogP contribution in [0.25, 0.3) is 5.00 Å². The molecule has 3 heterocycles. The van der Waals surface area contributed by atoms with Crippen molar-refractivity contribution in [3.63, 3.8) is 0 Å². The largest absolute Gasteiger partial charge is 0.462 e. The maximum Gasteiger partial charge on any atom is 0.338 e. The fourth-order valence-electron chi connectivity index (χ4n) is 5.52. The number of esters is 1. The van der Waals surface area contributed by atoms with Crippen LogP contribution in [0.3, 0.4) is 0 Å². The Bertz CT molecular complexity index is 1510. The molecule has 0 spiro atoms. The quantitative estimate of drug-likeness (QED) is 0.294. The van der Waals surface area contributed by atoms with Crippen molar-refractivity contribution < 1.29 is 18.7 Å². The highest BCUT2D eigenvalue weighted by Gasteiger charge is 2.36. The van der Waals surface area contributed by atoms with E-state index in [0.29, 0.717) is 17.8 Å². The number of hydrogen-bond donors (Lipinski definition) is 1. The summed E-state index contributed by atoms with van der Waals surface area (Å²) in [7, 11) is 0. The molecule has 0 fully saturated rings. The van der Waals surface area contributed by atoms with Crippen LogP contribution in [0, 0.1) is 5.82 Å². The van der Waals surface area contributed by atoms with E-state index in [1.165, 1.54) is 34.6 Å². The number of fused-ring (bicyclic) bond motifs is 5. The van der Waals surface area contributed by atoms with Crippen molar-refractivity contribution in [2.75, 3.05) is 11.9 Å². The van der Waals surface area contributed by atoms with E-state index in [1.54, 1.807) is 43.3 Å². The predicted molar refractivity (Wildman–Crippen MR) is 145 cm³/mol. The first-order valence-electron chi connectivity index (χ1n) is 12.9. The van der Waals surface area contributed by atoms with E-state index in [1.807, 2.05) is 28.4 Å². The molecule has 0 saturated carbocycles. The molecule has 1 N–H and O–H groups in total. The zero-order valence-corrected chi connectivity index (χ0v) is 21.9. The number of aryl methyl sites for hydroxylation is 1. The molecule has 2 aromatic carbocycles. The number of anilines is 1. The molecule has 1 aliphatic heterocycles. The minimum atomic E-state index is -0.435. The SMILES string of the molecule is CCOC(=O)c1cccc(NC(=O)N2Cc3c(sc4c3CCCC4)-n3cccc3[C@@H]2c2ccc(F)cc2)c1. The highest BCUT2D eigenvalue weighted by atomic mass is 32.1. The molecule has 2 aliphatic rings. The molecule has 6 nitrogen and oxygen atoms in total. The Hall–Kier alpha value is -3.91. The van der Waals surface area contributed by atoms with Crippen LogP contribution in [0.15, 0.2) is 66.9 Å². The summed E-state index contributed by atoms with van der Waals surface area (Å²) in [6.45, 7) is 2.45. The lowest BCUT2D eigenvalue weighted by Crippen LogP contribution is -2.38. The summed E-state index contributed by atoms with van der Waals surface area (Å²) in [5.74, 6) is -0.757. The van der Waals surface area contributed by atoms with E-state index < -0.39 is 12.0 Å². The van der Waals surface area contributed by atoms with E-state index in [0.717, 1.165) is 35.5 Å². The number of carbonyl (C=O) groups excluding carboxylic acids is 2. The highest BCUT2D eigenvalue weighted by molar-refractivity contribution is 7.15. The Morgan fingerprint density at radius 2 is 1.87 bits per heavy atom. The predicted octanol–water partition coefficient (Wildman–Crippen LogP) is 6.87. The number of urea groups is 1. The zero-order chi connectivity index (χ0) is 26.2. The van der Waals surface area contributed by atoms with Gasteiger partial charge in [0.05, 0.1) is 30.5 Å². The van der Waals surface area contributed by atoms with Crippen LogP contribution in [0.4, 0.5) is 14.9 Å². The molecule has 194 valence electrons. The second kappa shape index (κ2) is 10.1. The van der Waals surface area contributed by atoms with Gasteiger partial charge in [0.1, 0.15) is 10.8 Å². The van der Waals surface area contributed by atoms with Crippen molar-refractivity contribution >= 4 is 29.0 Å². The average Bonchev–Trinajstić information content (AvgIpc) is 3.51. The molecular weight excluding hydrogens is 501 g/mol. The van der Waals surface area contributed by atoms with E-state index in [-0.39, 0.29) is 18.5 Å². The summed E-state index contributed by atoms with van der Waals surface area (Å²) in [5.41, 5.74) is 5.19. The molecule has 1 aliphatic carbocycles. The van der Waals surface area contributed by atoms with Crippen LogP contribution in [0.2, 0.25) is 0 Å². The van der Waals surface area contributed by atoms with E-state index in [9.17, 15) is 14.0 Å². The summed E-state index contributed by atoms with van der Waals surface area (Å²) >= 11 is 1.82. The zero-order valence-electron chi connectivity index (χ0n) is 21.1. The molecule has 0 radical (unpaired) electrons. The minimum absolute atomic E-state index is 0.273. The second-order valence-electron chi connectivity index (χ2n) is 9.61. The van der Waals surface area contributed by atoms with Gasteiger partial charge in [-0.15, -0.1) is 11.3 Å². The molecule has 0 unspecified atom stereocenters. The van der Waals surface area contributed by atoms with Crippen LogP contribution < -0.4 is 5.32 Å². The van der Waals surface area contributed by atoms with Crippen LogP contribution in [-0.4, -0.2) is 28.1 Å². The first-order valence-corrected chi connectivity index (χ1v) is 13.8. The fourth-order valence-corrected chi connectivity index (χ4v) is 6.92. The number of ether oxygens (including phenoxy) is 1. The van der Waals surface area contributed by atoms with Gasteiger partial charge in [-0.25, -0.2) is 14.0 Å². The Morgan fingerprint density at radius 3 is 2.68 bits per heavy atom. The van der Waals surface area contributed by atoms with Crippen molar-refractivity contribution in [2.45, 2.75) is 45.2 Å². The third kappa shape index (κ3) is 4.39. The van der Waals surface area contributed by atoms with Gasteiger partial charge in [-0.05, 0) is 86.2 Å². The smallest absolute Gasteiger partial charge is 0.338 e. The van der Waals surface area contributed by atoms with Crippen molar-refractivity contribution in [3.05, 3.63) is 106 Å². The van der Waals surface area contributed by atoms with Crippen molar-refractivity contribution in [1.29, 1.82) is 0 Å².